The predicted molar refractivity (Wildman–Crippen MR) is 114 cm³/mol. The van der Waals surface area contributed by atoms with Gasteiger partial charge in [-0.05, 0) is 44.9 Å². The van der Waals surface area contributed by atoms with E-state index in [9.17, 15) is 14.4 Å². The van der Waals surface area contributed by atoms with E-state index in [1.165, 1.54) is 7.11 Å². The molecule has 2 N–H and O–H groups in total. The third-order valence-electron chi connectivity index (χ3n) is 4.67. The molecule has 1 aromatic carbocycles. The first-order chi connectivity index (χ1) is 14.3. The number of methoxy groups -OCH3 is 1. The van der Waals surface area contributed by atoms with Crippen molar-refractivity contribution in [3.05, 3.63) is 41.1 Å². The van der Waals surface area contributed by atoms with Crippen molar-refractivity contribution in [1.29, 1.82) is 0 Å². The van der Waals surface area contributed by atoms with E-state index in [1.54, 1.807) is 49.9 Å². The standard InChI is InChI=1S/C22H31N3O5/c1-6-7-11-25-15(4)19(21(27)30-14(2)3)20(24-22(25)28)16-9-8-10-17(12-16)23-18(26)13-29-5/h8-10,12,14,20H,6-7,11,13H2,1-5H3,(H,23,26)(H,24,28)/t20-/m0/s1. The molecule has 0 bridgehead atoms. The Balaban J connectivity index is 2.43. The highest BCUT2D eigenvalue weighted by molar-refractivity contribution is 5.95. The lowest BCUT2D eigenvalue weighted by Crippen LogP contribution is -2.48. The van der Waals surface area contributed by atoms with Crippen LogP contribution >= 0.6 is 0 Å². The molecular formula is C22H31N3O5. The van der Waals surface area contributed by atoms with Gasteiger partial charge in [0.1, 0.15) is 6.61 Å². The quantitative estimate of drug-likeness (QED) is 0.601. The van der Waals surface area contributed by atoms with Gasteiger partial charge in [0.15, 0.2) is 0 Å². The molecule has 1 aromatic rings. The molecule has 0 unspecified atom stereocenters. The van der Waals surface area contributed by atoms with Crippen LogP contribution in [0.15, 0.2) is 35.5 Å². The number of allylic oxidation sites excluding steroid dienone is 1. The smallest absolute Gasteiger partial charge is 0.338 e. The Morgan fingerprint density at radius 3 is 2.67 bits per heavy atom. The lowest BCUT2D eigenvalue weighted by Gasteiger charge is -2.35. The van der Waals surface area contributed by atoms with E-state index in [-0.39, 0.29) is 24.6 Å². The predicted octanol–water partition coefficient (Wildman–Crippen LogP) is 3.36. The van der Waals surface area contributed by atoms with Gasteiger partial charge < -0.3 is 20.1 Å². The highest BCUT2D eigenvalue weighted by atomic mass is 16.5. The van der Waals surface area contributed by atoms with Crippen LogP contribution in [0.5, 0.6) is 0 Å². The molecule has 8 heteroatoms. The minimum Gasteiger partial charge on any atom is -0.459 e. The summed E-state index contributed by atoms with van der Waals surface area (Å²) in [5.41, 5.74) is 2.19. The van der Waals surface area contributed by atoms with Crippen LogP contribution in [0, 0.1) is 0 Å². The second-order valence-corrected chi connectivity index (χ2v) is 7.45. The van der Waals surface area contributed by atoms with Crippen LogP contribution in [0.2, 0.25) is 0 Å². The Bertz CT molecular complexity index is 819. The van der Waals surface area contributed by atoms with Gasteiger partial charge >= 0.3 is 12.0 Å². The maximum absolute atomic E-state index is 12.9. The van der Waals surface area contributed by atoms with E-state index < -0.39 is 12.0 Å². The number of amides is 3. The Morgan fingerprint density at radius 2 is 2.03 bits per heavy atom. The van der Waals surface area contributed by atoms with Crippen LogP contribution in [0.4, 0.5) is 10.5 Å². The van der Waals surface area contributed by atoms with E-state index >= 15 is 0 Å². The van der Waals surface area contributed by atoms with E-state index in [0.717, 1.165) is 12.8 Å². The summed E-state index contributed by atoms with van der Waals surface area (Å²) in [7, 11) is 1.44. The summed E-state index contributed by atoms with van der Waals surface area (Å²) < 4.78 is 10.3. The molecule has 0 saturated carbocycles. The van der Waals surface area contributed by atoms with Crippen LogP contribution in [0.1, 0.15) is 52.1 Å². The van der Waals surface area contributed by atoms with Crippen molar-refractivity contribution in [1.82, 2.24) is 10.2 Å². The van der Waals surface area contributed by atoms with Crippen LogP contribution in [-0.4, -0.2) is 49.2 Å². The molecule has 30 heavy (non-hydrogen) atoms. The molecule has 0 spiro atoms. The summed E-state index contributed by atoms with van der Waals surface area (Å²) in [5, 5.41) is 5.66. The molecule has 2 rings (SSSR count). The third kappa shape index (κ3) is 5.82. The van der Waals surface area contributed by atoms with Gasteiger partial charge in [-0.15, -0.1) is 0 Å². The minimum absolute atomic E-state index is 0.0677. The molecule has 0 aromatic heterocycles. The number of urea groups is 1. The average molecular weight is 418 g/mol. The zero-order chi connectivity index (χ0) is 22.3. The number of hydrogen-bond acceptors (Lipinski definition) is 5. The summed E-state index contributed by atoms with van der Waals surface area (Å²) in [6, 6.07) is 6.08. The molecule has 1 heterocycles. The Morgan fingerprint density at radius 1 is 1.30 bits per heavy atom. The maximum atomic E-state index is 12.9. The largest absolute Gasteiger partial charge is 0.459 e. The van der Waals surface area contributed by atoms with Gasteiger partial charge in [0.05, 0.1) is 17.7 Å². The number of esters is 1. The molecule has 1 atom stereocenters. The molecule has 1 aliphatic heterocycles. The highest BCUT2D eigenvalue weighted by Crippen LogP contribution is 2.32. The van der Waals surface area contributed by atoms with Crippen LogP contribution in [-0.2, 0) is 19.1 Å². The number of carbonyl (C=O) groups excluding carboxylic acids is 3. The Hall–Kier alpha value is -2.87. The zero-order valence-electron chi connectivity index (χ0n) is 18.3. The first-order valence-electron chi connectivity index (χ1n) is 10.2. The van der Waals surface area contributed by atoms with Gasteiger partial charge in [-0.1, -0.05) is 25.5 Å². The Kier molecular flexibility index (Phi) is 8.41. The van der Waals surface area contributed by atoms with Gasteiger partial charge in [-0.3, -0.25) is 9.69 Å². The summed E-state index contributed by atoms with van der Waals surface area (Å²) in [6.07, 6.45) is 1.46. The second kappa shape index (κ2) is 10.8. The van der Waals surface area contributed by atoms with Crippen LogP contribution in [0.3, 0.4) is 0 Å². The minimum atomic E-state index is -0.680. The molecule has 8 nitrogen and oxygen atoms in total. The van der Waals surface area contributed by atoms with Crippen molar-refractivity contribution in [3.8, 4) is 0 Å². The number of benzene rings is 1. The molecular weight excluding hydrogens is 386 g/mol. The van der Waals surface area contributed by atoms with E-state index in [2.05, 4.69) is 10.6 Å². The van der Waals surface area contributed by atoms with Crippen LogP contribution < -0.4 is 10.6 Å². The van der Waals surface area contributed by atoms with E-state index in [0.29, 0.717) is 29.1 Å². The lowest BCUT2D eigenvalue weighted by atomic mass is 9.94. The van der Waals surface area contributed by atoms with Crippen LogP contribution in [0.25, 0.3) is 0 Å². The van der Waals surface area contributed by atoms with Crippen molar-refractivity contribution in [2.75, 3.05) is 25.6 Å². The third-order valence-corrected chi connectivity index (χ3v) is 4.67. The number of rotatable bonds is 9. The number of nitrogens with zero attached hydrogens (tertiary/aromatic N) is 1. The summed E-state index contributed by atoms with van der Waals surface area (Å²) in [6.45, 7) is 7.83. The van der Waals surface area contributed by atoms with Gasteiger partial charge in [-0.2, -0.15) is 0 Å². The fourth-order valence-corrected chi connectivity index (χ4v) is 3.28. The second-order valence-electron chi connectivity index (χ2n) is 7.45. The molecule has 1 aliphatic rings. The fraction of sp³-hybridized carbons (Fsp3) is 0.500. The molecule has 3 amide bonds. The monoisotopic (exact) mass is 417 g/mol. The fourth-order valence-electron chi connectivity index (χ4n) is 3.28. The van der Waals surface area contributed by atoms with Crippen molar-refractivity contribution in [2.45, 2.75) is 52.7 Å². The first-order valence-corrected chi connectivity index (χ1v) is 10.2. The lowest BCUT2D eigenvalue weighted by molar-refractivity contribution is -0.143. The number of nitrogens with one attached hydrogen (secondary N) is 2. The average Bonchev–Trinajstić information content (AvgIpc) is 2.67. The number of anilines is 1. The summed E-state index contributed by atoms with van der Waals surface area (Å²) in [5.74, 6) is -0.762. The highest BCUT2D eigenvalue weighted by Gasteiger charge is 2.36. The normalized spacial score (nSPS) is 16.5. The number of carbonyl (C=O) groups is 3. The number of ether oxygens (including phenoxy) is 2. The molecule has 164 valence electrons. The van der Waals surface area contributed by atoms with E-state index in [4.69, 9.17) is 9.47 Å². The van der Waals surface area contributed by atoms with Crippen molar-refractivity contribution in [2.24, 2.45) is 0 Å². The molecule has 0 radical (unpaired) electrons. The zero-order valence-corrected chi connectivity index (χ0v) is 18.3. The molecule has 0 fully saturated rings. The number of unbranched alkanes of at least 4 members (excludes halogenated alkanes) is 1. The van der Waals surface area contributed by atoms with Gasteiger partial charge in [0.2, 0.25) is 5.91 Å². The Labute approximate surface area is 177 Å². The van der Waals surface area contributed by atoms with E-state index in [1.807, 2.05) is 6.92 Å². The van der Waals surface area contributed by atoms with Gasteiger partial charge in [-0.25, -0.2) is 9.59 Å². The maximum Gasteiger partial charge on any atom is 0.338 e. The summed E-state index contributed by atoms with van der Waals surface area (Å²) in [4.78, 5) is 39.1. The van der Waals surface area contributed by atoms with Crippen molar-refractivity contribution in [3.63, 3.8) is 0 Å². The topological polar surface area (TPSA) is 97.0 Å². The summed E-state index contributed by atoms with van der Waals surface area (Å²) >= 11 is 0. The van der Waals surface area contributed by atoms with Crippen molar-refractivity contribution < 1.29 is 23.9 Å². The van der Waals surface area contributed by atoms with Gasteiger partial charge in [0, 0.05) is 25.0 Å². The van der Waals surface area contributed by atoms with Crippen molar-refractivity contribution >= 4 is 23.6 Å². The first kappa shape index (κ1) is 23.4. The molecule has 0 aliphatic carbocycles. The SMILES string of the molecule is CCCCN1C(=O)N[C@@H](c2cccc(NC(=O)COC)c2)C(C(=O)OC(C)C)=C1C. The van der Waals surface area contributed by atoms with Gasteiger partial charge in [0.25, 0.3) is 0 Å². The number of hydrogen-bond donors (Lipinski definition) is 2. The molecule has 0 saturated heterocycles.